The smallest absolute Gasteiger partial charge is 0.317 e. The summed E-state index contributed by atoms with van der Waals surface area (Å²) in [6.07, 6.45) is -1.16. The molecule has 0 bridgehead atoms. The van der Waals surface area contributed by atoms with E-state index < -0.39 is 54.0 Å². The minimum absolute atomic E-state index is 1.16. The molecule has 1 amide bonds. The van der Waals surface area contributed by atoms with E-state index in [9.17, 15) is 24.0 Å². The van der Waals surface area contributed by atoms with E-state index in [1.807, 2.05) is 0 Å². The molecule has 11 nitrogen and oxygen atoms in total. The Kier molecular flexibility index (Phi) is 6.09. The van der Waals surface area contributed by atoms with Gasteiger partial charge in [0.05, 0.1) is 18.3 Å². The lowest BCUT2D eigenvalue weighted by Gasteiger charge is -2.23. The number of carbonyl (C=O) groups excluding carboxylic acids is 1. The quantitative estimate of drug-likeness (QED) is 0.120. The van der Waals surface area contributed by atoms with E-state index in [2.05, 4.69) is 0 Å². The molecule has 0 aromatic rings. The molecule has 7 N–H and O–H groups in total. The molecule has 20 heavy (non-hydrogen) atoms. The lowest BCUT2D eigenvalue weighted by atomic mass is 9.79. The number of rotatable bonds is 8. The van der Waals surface area contributed by atoms with Crippen LogP contribution < -0.4 is 11.3 Å². The number of carbonyl (C=O) groups is 5. The highest BCUT2D eigenvalue weighted by molar-refractivity contribution is 6.01. The summed E-state index contributed by atoms with van der Waals surface area (Å²) in [6, 6.07) is 0. The van der Waals surface area contributed by atoms with Crippen LogP contribution in [0.3, 0.4) is 0 Å². The van der Waals surface area contributed by atoms with Crippen molar-refractivity contribution in [1.29, 1.82) is 0 Å². The molecule has 3 unspecified atom stereocenters. The molecule has 0 aromatic heterocycles. The molecule has 0 aliphatic heterocycles. The molecule has 0 aliphatic carbocycles. The second-order valence-corrected chi connectivity index (χ2v) is 3.73. The lowest BCUT2D eigenvalue weighted by molar-refractivity contribution is -0.166. The number of carboxylic acids is 4. The highest BCUT2D eigenvalue weighted by Gasteiger charge is 2.47. The van der Waals surface area contributed by atoms with Crippen molar-refractivity contribution in [3.05, 3.63) is 0 Å². The van der Waals surface area contributed by atoms with Crippen LogP contribution in [0.2, 0.25) is 0 Å². The van der Waals surface area contributed by atoms with E-state index in [1.165, 1.54) is 5.43 Å². The van der Waals surface area contributed by atoms with Crippen LogP contribution in [0.4, 0.5) is 0 Å². The monoisotopic (exact) mass is 292 g/mol. The zero-order chi connectivity index (χ0) is 16.0. The highest BCUT2D eigenvalue weighted by atomic mass is 16.4. The molecule has 11 heteroatoms. The van der Waals surface area contributed by atoms with Crippen molar-refractivity contribution in [2.45, 2.75) is 6.42 Å². The Labute approximate surface area is 111 Å². The summed E-state index contributed by atoms with van der Waals surface area (Å²) in [6.45, 7) is 0. The predicted octanol–water partition coefficient (Wildman–Crippen LogP) is -2.45. The third kappa shape index (κ3) is 4.20. The van der Waals surface area contributed by atoms with Crippen molar-refractivity contribution < 1.29 is 44.4 Å². The fourth-order valence-corrected chi connectivity index (χ4v) is 1.62. The third-order valence-electron chi connectivity index (χ3n) is 2.48. The van der Waals surface area contributed by atoms with Gasteiger partial charge in [-0.3, -0.25) is 29.4 Å². The summed E-state index contributed by atoms with van der Waals surface area (Å²) in [5.41, 5.74) is 1.41. The van der Waals surface area contributed by atoms with Crippen LogP contribution in [0, 0.1) is 17.8 Å². The zero-order valence-electron chi connectivity index (χ0n) is 9.85. The summed E-state index contributed by atoms with van der Waals surface area (Å²) in [5, 5.41) is 35.2. The van der Waals surface area contributed by atoms with Gasteiger partial charge in [-0.15, -0.1) is 0 Å². The Morgan fingerprint density at radius 1 is 0.900 bits per heavy atom. The largest absolute Gasteiger partial charge is 0.481 e. The van der Waals surface area contributed by atoms with Crippen LogP contribution in [0.25, 0.3) is 0 Å². The molecular formula is C9H12N2O9. The van der Waals surface area contributed by atoms with Crippen LogP contribution >= 0.6 is 0 Å². The average Bonchev–Trinajstić information content (AvgIpc) is 2.31. The molecule has 0 radical (unpaired) electrons. The molecule has 0 aromatic carbocycles. The molecule has 0 spiro atoms. The lowest BCUT2D eigenvalue weighted by Crippen LogP contribution is -2.49. The van der Waals surface area contributed by atoms with Gasteiger partial charge in [-0.1, -0.05) is 0 Å². The van der Waals surface area contributed by atoms with E-state index in [0.717, 1.165) is 0 Å². The molecular weight excluding hydrogens is 280 g/mol. The van der Waals surface area contributed by atoms with Gasteiger partial charge in [-0.05, 0) is 0 Å². The third-order valence-corrected chi connectivity index (χ3v) is 2.48. The standard InChI is InChI=1S/C9H12N2O9/c10-11-6(14)5(9(19)20)4(8(17)18)2(7(15)16)1-3(12)13/h2,4-5H,1,10H2,(H,11,14)(H,12,13)(H,15,16)(H,17,18)(H,19,20). The highest BCUT2D eigenvalue weighted by Crippen LogP contribution is 2.26. The van der Waals surface area contributed by atoms with Crippen molar-refractivity contribution in [2.75, 3.05) is 0 Å². The Hall–Kier alpha value is -2.69. The maximum absolute atomic E-state index is 11.3. The first-order chi connectivity index (χ1) is 9.13. The Bertz CT molecular complexity index is 447. The van der Waals surface area contributed by atoms with Gasteiger partial charge in [0.2, 0.25) is 5.91 Å². The molecule has 112 valence electrons. The van der Waals surface area contributed by atoms with Crippen LogP contribution in [-0.4, -0.2) is 50.2 Å². The minimum Gasteiger partial charge on any atom is -0.481 e. The van der Waals surface area contributed by atoms with Crippen molar-refractivity contribution in [1.82, 2.24) is 5.43 Å². The fourth-order valence-electron chi connectivity index (χ4n) is 1.62. The summed E-state index contributed by atoms with van der Waals surface area (Å²) in [4.78, 5) is 54.8. The first-order valence-electron chi connectivity index (χ1n) is 5.04. The van der Waals surface area contributed by atoms with Crippen molar-refractivity contribution in [3.8, 4) is 0 Å². The summed E-state index contributed by atoms with van der Waals surface area (Å²) in [5.74, 6) is -10.8. The number of hydrazine groups is 1. The molecule has 0 aliphatic rings. The van der Waals surface area contributed by atoms with Crippen LogP contribution in [0.15, 0.2) is 0 Å². The van der Waals surface area contributed by atoms with Gasteiger partial charge >= 0.3 is 23.9 Å². The normalized spacial score (nSPS) is 14.7. The van der Waals surface area contributed by atoms with Gasteiger partial charge in [0.1, 0.15) is 0 Å². The predicted molar refractivity (Wildman–Crippen MR) is 58.0 cm³/mol. The molecule has 0 rings (SSSR count). The van der Waals surface area contributed by atoms with E-state index in [1.54, 1.807) is 0 Å². The summed E-state index contributed by atoms with van der Waals surface area (Å²) < 4.78 is 0. The number of amides is 1. The Morgan fingerprint density at radius 3 is 1.65 bits per heavy atom. The maximum atomic E-state index is 11.3. The average molecular weight is 292 g/mol. The molecule has 0 heterocycles. The Balaban J connectivity index is 5.73. The van der Waals surface area contributed by atoms with Gasteiger partial charge in [-0.25, -0.2) is 5.84 Å². The second kappa shape index (κ2) is 7.04. The van der Waals surface area contributed by atoms with Crippen LogP contribution in [0.5, 0.6) is 0 Å². The number of aliphatic carboxylic acids is 4. The fraction of sp³-hybridized carbons (Fsp3) is 0.444. The Morgan fingerprint density at radius 2 is 1.40 bits per heavy atom. The molecule has 0 saturated heterocycles. The van der Waals surface area contributed by atoms with E-state index in [-0.39, 0.29) is 0 Å². The van der Waals surface area contributed by atoms with Gasteiger partial charge < -0.3 is 20.4 Å². The van der Waals surface area contributed by atoms with E-state index in [0.29, 0.717) is 0 Å². The second-order valence-electron chi connectivity index (χ2n) is 3.73. The molecule has 0 fully saturated rings. The van der Waals surface area contributed by atoms with Crippen molar-refractivity contribution in [3.63, 3.8) is 0 Å². The molecule has 3 atom stereocenters. The van der Waals surface area contributed by atoms with E-state index in [4.69, 9.17) is 26.3 Å². The summed E-state index contributed by atoms with van der Waals surface area (Å²) >= 11 is 0. The first kappa shape index (κ1) is 17.3. The number of nitrogens with two attached hydrogens (primary N) is 1. The number of hydrogen-bond donors (Lipinski definition) is 6. The minimum atomic E-state index is -2.34. The van der Waals surface area contributed by atoms with Gasteiger partial charge in [0, 0.05) is 0 Å². The van der Waals surface area contributed by atoms with E-state index >= 15 is 0 Å². The molecule has 0 saturated carbocycles. The first-order valence-corrected chi connectivity index (χ1v) is 5.04. The van der Waals surface area contributed by atoms with Crippen molar-refractivity contribution >= 4 is 29.8 Å². The van der Waals surface area contributed by atoms with Crippen LogP contribution in [-0.2, 0) is 24.0 Å². The SMILES string of the molecule is NNC(=O)C(C(=O)O)C(C(=O)O)C(CC(=O)O)C(=O)O. The van der Waals surface area contributed by atoms with Gasteiger partial charge in [-0.2, -0.15) is 0 Å². The summed E-state index contributed by atoms with van der Waals surface area (Å²) in [7, 11) is 0. The van der Waals surface area contributed by atoms with Gasteiger partial charge in [0.25, 0.3) is 0 Å². The maximum Gasteiger partial charge on any atom is 0.317 e. The van der Waals surface area contributed by atoms with Crippen molar-refractivity contribution in [2.24, 2.45) is 23.6 Å². The number of nitrogens with one attached hydrogen (secondary N) is 1. The topological polar surface area (TPSA) is 204 Å². The van der Waals surface area contributed by atoms with Gasteiger partial charge in [0.15, 0.2) is 5.92 Å². The van der Waals surface area contributed by atoms with Crippen LogP contribution in [0.1, 0.15) is 6.42 Å². The zero-order valence-corrected chi connectivity index (χ0v) is 9.85. The number of hydrogen-bond acceptors (Lipinski definition) is 6. The number of carboxylic acid groups (broad SMARTS) is 4.